The van der Waals surface area contributed by atoms with Crippen molar-refractivity contribution in [1.82, 2.24) is 5.32 Å². The van der Waals surface area contributed by atoms with Gasteiger partial charge in [0.15, 0.2) is 0 Å². The summed E-state index contributed by atoms with van der Waals surface area (Å²) >= 11 is 2.34. The van der Waals surface area contributed by atoms with Crippen molar-refractivity contribution in [3.05, 3.63) is 68.8 Å². The molecule has 0 aliphatic carbocycles. The first-order valence-corrected chi connectivity index (χ1v) is 8.28. The van der Waals surface area contributed by atoms with Crippen LogP contribution in [0.1, 0.15) is 49.5 Å². The predicted octanol–water partition coefficient (Wildman–Crippen LogP) is 5.27. The first kappa shape index (κ1) is 15.5. The Morgan fingerprint density at radius 2 is 1.30 bits per heavy atom. The molecule has 0 bridgehead atoms. The van der Waals surface area contributed by atoms with Crippen molar-refractivity contribution in [2.45, 2.75) is 39.3 Å². The molecule has 0 amide bonds. The molecule has 2 heteroatoms. The van der Waals surface area contributed by atoms with Crippen LogP contribution in [0.4, 0.5) is 0 Å². The second-order valence-electron chi connectivity index (χ2n) is 5.26. The highest BCUT2D eigenvalue weighted by atomic mass is 127. The minimum absolute atomic E-state index is 0.354. The van der Waals surface area contributed by atoms with Crippen molar-refractivity contribution in [3.63, 3.8) is 0 Å². The lowest BCUT2D eigenvalue weighted by molar-refractivity contribution is 0.494. The van der Waals surface area contributed by atoms with E-state index in [1.807, 2.05) is 0 Å². The van der Waals surface area contributed by atoms with Gasteiger partial charge in [-0.25, -0.2) is 0 Å². The summed E-state index contributed by atoms with van der Waals surface area (Å²) in [5.74, 6) is 0. The van der Waals surface area contributed by atoms with E-state index in [2.05, 4.69) is 97.2 Å². The van der Waals surface area contributed by atoms with Gasteiger partial charge >= 0.3 is 0 Å². The largest absolute Gasteiger partial charge is 0.304 e. The van der Waals surface area contributed by atoms with Gasteiger partial charge in [0.05, 0.1) is 0 Å². The SMILES string of the molecule is CCc1ccc(C(C)NC(C)c2ccc(I)cc2)cc1. The molecule has 0 radical (unpaired) electrons. The Bertz CT molecular complexity index is 530. The van der Waals surface area contributed by atoms with Crippen LogP contribution in [0.3, 0.4) is 0 Å². The van der Waals surface area contributed by atoms with Gasteiger partial charge in [0.2, 0.25) is 0 Å². The zero-order valence-corrected chi connectivity index (χ0v) is 14.5. The van der Waals surface area contributed by atoms with Crippen LogP contribution in [0.5, 0.6) is 0 Å². The minimum atomic E-state index is 0.354. The van der Waals surface area contributed by atoms with Gasteiger partial charge in [-0.1, -0.05) is 43.3 Å². The summed E-state index contributed by atoms with van der Waals surface area (Å²) in [5, 5.41) is 3.67. The van der Waals surface area contributed by atoms with Gasteiger partial charge in [-0.2, -0.15) is 0 Å². The molecule has 0 aromatic heterocycles. The molecule has 1 nitrogen and oxygen atoms in total. The summed E-state index contributed by atoms with van der Waals surface area (Å²) in [5.41, 5.74) is 4.08. The van der Waals surface area contributed by atoms with Crippen molar-refractivity contribution in [2.75, 3.05) is 0 Å². The fourth-order valence-electron chi connectivity index (χ4n) is 2.36. The maximum absolute atomic E-state index is 3.67. The summed E-state index contributed by atoms with van der Waals surface area (Å²) in [6.45, 7) is 6.64. The Hall–Kier alpha value is -0.870. The fourth-order valence-corrected chi connectivity index (χ4v) is 2.72. The number of benzene rings is 2. The smallest absolute Gasteiger partial charge is 0.0297 e. The number of nitrogens with one attached hydrogen (secondary N) is 1. The molecule has 2 rings (SSSR count). The summed E-state index contributed by atoms with van der Waals surface area (Å²) < 4.78 is 1.28. The van der Waals surface area contributed by atoms with E-state index < -0.39 is 0 Å². The van der Waals surface area contributed by atoms with E-state index in [4.69, 9.17) is 0 Å². The maximum Gasteiger partial charge on any atom is 0.0297 e. The lowest BCUT2D eigenvalue weighted by atomic mass is 10.0. The molecule has 0 heterocycles. The number of hydrogen-bond donors (Lipinski definition) is 1. The van der Waals surface area contributed by atoms with Gasteiger partial charge in [0.25, 0.3) is 0 Å². The van der Waals surface area contributed by atoms with Crippen LogP contribution in [-0.2, 0) is 6.42 Å². The normalized spacial score (nSPS) is 14.0. The van der Waals surface area contributed by atoms with E-state index in [-0.39, 0.29) is 0 Å². The van der Waals surface area contributed by atoms with Crippen LogP contribution < -0.4 is 5.32 Å². The molecule has 1 N–H and O–H groups in total. The van der Waals surface area contributed by atoms with Gasteiger partial charge in [-0.15, -0.1) is 0 Å². The zero-order valence-electron chi connectivity index (χ0n) is 12.4. The van der Waals surface area contributed by atoms with Crippen molar-refractivity contribution in [3.8, 4) is 0 Å². The van der Waals surface area contributed by atoms with Crippen LogP contribution in [0, 0.1) is 3.57 Å². The van der Waals surface area contributed by atoms with Crippen molar-refractivity contribution < 1.29 is 0 Å². The van der Waals surface area contributed by atoms with Crippen LogP contribution >= 0.6 is 22.6 Å². The molecule has 2 aromatic rings. The monoisotopic (exact) mass is 379 g/mol. The van der Waals surface area contributed by atoms with Crippen LogP contribution in [0.25, 0.3) is 0 Å². The lowest BCUT2D eigenvalue weighted by Crippen LogP contribution is -2.22. The number of halogens is 1. The van der Waals surface area contributed by atoms with Crippen molar-refractivity contribution >= 4 is 22.6 Å². The third kappa shape index (κ3) is 4.06. The first-order chi connectivity index (χ1) is 9.60. The quantitative estimate of drug-likeness (QED) is 0.699. The molecule has 2 aromatic carbocycles. The average Bonchev–Trinajstić information content (AvgIpc) is 2.48. The van der Waals surface area contributed by atoms with Gasteiger partial charge in [0, 0.05) is 15.7 Å². The Morgan fingerprint density at radius 1 is 0.850 bits per heavy atom. The Balaban J connectivity index is 2.02. The summed E-state index contributed by atoms with van der Waals surface area (Å²) in [6.07, 6.45) is 1.10. The van der Waals surface area contributed by atoms with Gasteiger partial charge in [-0.3, -0.25) is 0 Å². The number of hydrogen-bond acceptors (Lipinski definition) is 1. The molecular formula is C18H22IN. The Kier molecular flexibility index (Phi) is 5.61. The average molecular weight is 379 g/mol. The highest BCUT2D eigenvalue weighted by Gasteiger charge is 2.10. The van der Waals surface area contributed by atoms with E-state index in [0.717, 1.165) is 6.42 Å². The molecule has 2 unspecified atom stereocenters. The molecule has 0 aliphatic rings. The second-order valence-corrected chi connectivity index (χ2v) is 6.50. The van der Waals surface area contributed by atoms with E-state index in [1.54, 1.807) is 0 Å². The molecule has 2 atom stereocenters. The predicted molar refractivity (Wildman–Crippen MR) is 94.9 cm³/mol. The third-order valence-corrected chi connectivity index (χ3v) is 4.48. The molecule has 0 aliphatic heterocycles. The standard InChI is InChI=1S/C18H22IN/c1-4-15-5-7-16(8-6-15)13(2)20-14(3)17-9-11-18(19)12-10-17/h5-14,20H,4H2,1-3H3. The topological polar surface area (TPSA) is 12.0 Å². The Morgan fingerprint density at radius 3 is 1.75 bits per heavy atom. The number of rotatable bonds is 5. The van der Waals surface area contributed by atoms with Crippen LogP contribution in [-0.4, -0.2) is 0 Å². The van der Waals surface area contributed by atoms with Crippen LogP contribution in [0.15, 0.2) is 48.5 Å². The molecule has 0 fully saturated rings. The summed E-state index contributed by atoms with van der Waals surface area (Å²) in [4.78, 5) is 0. The summed E-state index contributed by atoms with van der Waals surface area (Å²) in [6, 6.07) is 18.4. The molecule has 0 saturated heterocycles. The Labute approximate surface area is 135 Å². The fraction of sp³-hybridized carbons (Fsp3) is 0.333. The van der Waals surface area contributed by atoms with E-state index in [0.29, 0.717) is 12.1 Å². The highest BCUT2D eigenvalue weighted by molar-refractivity contribution is 14.1. The van der Waals surface area contributed by atoms with E-state index in [1.165, 1.54) is 20.3 Å². The highest BCUT2D eigenvalue weighted by Crippen LogP contribution is 2.20. The van der Waals surface area contributed by atoms with E-state index in [9.17, 15) is 0 Å². The lowest BCUT2D eigenvalue weighted by Gasteiger charge is -2.21. The third-order valence-electron chi connectivity index (χ3n) is 3.76. The van der Waals surface area contributed by atoms with Crippen molar-refractivity contribution in [2.24, 2.45) is 0 Å². The van der Waals surface area contributed by atoms with Crippen LogP contribution in [0.2, 0.25) is 0 Å². The van der Waals surface area contributed by atoms with Gasteiger partial charge in [-0.05, 0) is 71.7 Å². The van der Waals surface area contributed by atoms with E-state index >= 15 is 0 Å². The maximum atomic E-state index is 3.67. The zero-order chi connectivity index (χ0) is 14.5. The first-order valence-electron chi connectivity index (χ1n) is 7.20. The van der Waals surface area contributed by atoms with Crippen molar-refractivity contribution in [1.29, 1.82) is 0 Å². The van der Waals surface area contributed by atoms with Gasteiger partial charge in [0.1, 0.15) is 0 Å². The van der Waals surface area contributed by atoms with Gasteiger partial charge < -0.3 is 5.32 Å². The molecular weight excluding hydrogens is 357 g/mol. The molecule has 0 spiro atoms. The summed E-state index contributed by atoms with van der Waals surface area (Å²) in [7, 11) is 0. The molecule has 0 saturated carbocycles. The molecule has 106 valence electrons. The minimum Gasteiger partial charge on any atom is -0.304 e. The number of aryl methyl sites for hydroxylation is 1. The second kappa shape index (κ2) is 7.23. The molecule has 20 heavy (non-hydrogen) atoms.